The molecule has 3 aliphatic heterocycles. The summed E-state index contributed by atoms with van der Waals surface area (Å²) in [7, 11) is 0. The summed E-state index contributed by atoms with van der Waals surface area (Å²) in [5, 5.41) is 46.0. The predicted octanol–water partition coefficient (Wildman–Crippen LogP) is 16.0. The molecule has 390 valence electrons. The van der Waals surface area contributed by atoms with E-state index in [2.05, 4.69) is 228 Å². The number of anilines is 9. The monoisotopic (exact) mass is 1020 g/mol. The summed E-state index contributed by atoms with van der Waals surface area (Å²) in [5.74, 6) is -2.72. The topological polar surface area (TPSA) is 99.9 Å². The summed E-state index contributed by atoms with van der Waals surface area (Å²) < 4.78 is 6.54. The van der Waals surface area contributed by atoms with E-state index in [1.54, 1.807) is 0 Å². The molecule has 0 amide bonds. The third-order valence-corrected chi connectivity index (χ3v) is 17.0. The van der Waals surface area contributed by atoms with Gasteiger partial charge < -0.3 is 35.0 Å². The summed E-state index contributed by atoms with van der Waals surface area (Å²) in [6, 6.07) is 47.3. The van der Waals surface area contributed by atoms with Crippen molar-refractivity contribution in [1.29, 1.82) is 0 Å². The van der Waals surface area contributed by atoms with Gasteiger partial charge in [-0.25, -0.2) is 0 Å². The van der Waals surface area contributed by atoms with Crippen LogP contribution in [0.25, 0.3) is 11.1 Å². The highest BCUT2D eigenvalue weighted by Gasteiger charge is 2.47. The summed E-state index contributed by atoms with van der Waals surface area (Å²) in [5.41, 5.74) is 20.7. The lowest BCUT2D eigenvalue weighted by atomic mass is 9.33. The third-order valence-electron chi connectivity index (χ3n) is 17.0. The normalized spacial score (nSPS) is 15.0. The van der Waals surface area contributed by atoms with Crippen molar-refractivity contribution < 1.29 is 25.2 Å². The van der Waals surface area contributed by atoms with Gasteiger partial charge in [0.25, 0.3) is 6.71 Å². The van der Waals surface area contributed by atoms with Gasteiger partial charge in [-0.05, 0) is 156 Å². The first-order valence-electron chi connectivity index (χ1n) is 27.1. The van der Waals surface area contributed by atoms with E-state index >= 15 is 0 Å². The van der Waals surface area contributed by atoms with Crippen LogP contribution in [0.4, 0.5) is 51.2 Å². The highest BCUT2D eigenvalue weighted by atomic mass is 16.5. The fourth-order valence-corrected chi connectivity index (χ4v) is 12.5. The van der Waals surface area contributed by atoms with Gasteiger partial charge >= 0.3 is 0 Å². The average molecular weight is 1020 g/mol. The van der Waals surface area contributed by atoms with Gasteiger partial charge in [0.2, 0.25) is 23.0 Å². The molecule has 0 saturated heterocycles. The lowest BCUT2D eigenvalue weighted by molar-refractivity contribution is 0.330. The molecule has 8 aromatic rings. The second-order valence-corrected chi connectivity index (χ2v) is 26.6. The van der Waals surface area contributed by atoms with Crippen LogP contribution in [0.1, 0.15) is 136 Å². The zero-order valence-corrected chi connectivity index (χ0v) is 47.2. The van der Waals surface area contributed by atoms with Crippen molar-refractivity contribution >= 4 is 74.3 Å². The Morgan fingerprint density at radius 2 is 0.974 bits per heavy atom. The molecule has 0 unspecified atom stereocenters. The van der Waals surface area contributed by atoms with Crippen molar-refractivity contribution in [3.8, 4) is 45.6 Å². The zero-order chi connectivity index (χ0) is 55.0. The first-order valence-corrected chi connectivity index (χ1v) is 27.1. The first kappa shape index (κ1) is 50.1. The van der Waals surface area contributed by atoms with Crippen LogP contribution in [-0.2, 0) is 27.1 Å². The average Bonchev–Trinajstić information content (AvgIpc) is 3.78. The van der Waals surface area contributed by atoms with Crippen molar-refractivity contribution in [2.24, 2.45) is 0 Å². The fourth-order valence-electron chi connectivity index (χ4n) is 12.5. The number of benzene rings is 8. The molecule has 4 N–H and O–H groups in total. The minimum Gasteiger partial charge on any atom is -0.503 e. The van der Waals surface area contributed by atoms with Crippen LogP contribution in [0.5, 0.6) is 34.5 Å². The number of hydrogen-bond acceptors (Lipinski definition) is 8. The molecular weight excluding hydrogens is 950 g/mol. The first-order chi connectivity index (χ1) is 36.0. The van der Waals surface area contributed by atoms with Crippen LogP contribution >= 0.6 is 0 Å². The summed E-state index contributed by atoms with van der Waals surface area (Å²) in [6.07, 6.45) is 0. The number of phenols is 4. The second-order valence-electron chi connectivity index (χ2n) is 26.6. The Balaban J connectivity index is 1.20. The predicted molar refractivity (Wildman–Crippen MR) is 319 cm³/mol. The number of hydrogen-bond donors (Lipinski definition) is 4. The molecule has 0 bridgehead atoms. The molecule has 9 heteroatoms. The minimum atomic E-state index is -0.863. The second kappa shape index (κ2) is 16.4. The molecule has 0 fully saturated rings. The fraction of sp³-hybridized carbons (Fsp3) is 0.294. The smallest absolute Gasteiger partial charge is 0.252 e. The summed E-state index contributed by atoms with van der Waals surface area (Å²) in [6.45, 7) is 33.3. The quantitative estimate of drug-likeness (QED) is 0.0789. The Hall–Kier alpha value is -7.78. The van der Waals surface area contributed by atoms with E-state index in [0.717, 1.165) is 50.7 Å². The minimum absolute atomic E-state index is 0.0138. The molecule has 0 atom stereocenters. The van der Waals surface area contributed by atoms with E-state index in [1.807, 2.05) is 17.9 Å². The van der Waals surface area contributed by atoms with Gasteiger partial charge in [0, 0.05) is 45.2 Å². The molecule has 12 rings (SSSR count). The van der Waals surface area contributed by atoms with Gasteiger partial charge in [0.1, 0.15) is 5.69 Å². The molecule has 4 aliphatic rings. The van der Waals surface area contributed by atoms with Gasteiger partial charge in [0.05, 0.1) is 5.69 Å². The number of fused-ring (bicyclic) bond motifs is 9. The van der Waals surface area contributed by atoms with Crippen LogP contribution in [0.3, 0.4) is 0 Å². The number of ether oxygens (including phenoxy) is 1. The lowest BCUT2D eigenvalue weighted by Crippen LogP contribution is -2.61. The molecule has 0 saturated carbocycles. The molecule has 0 spiro atoms. The molecule has 1 aliphatic carbocycles. The van der Waals surface area contributed by atoms with Crippen molar-refractivity contribution in [3.63, 3.8) is 0 Å². The van der Waals surface area contributed by atoms with Crippen LogP contribution < -0.4 is 35.8 Å². The van der Waals surface area contributed by atoms with Gasteiger partial charge in [-0.1, -0.05) is 164 Å². The van der Waals surface area contributed by atoms with E-state index in [4.69, 9.17) is 4.74 Å². The van der Waals surface area contributed by atoms with Crippen LogP contribution in [0.2, 0.25) is 0 Å². The van der Waals surface area contributed by atoms with Crippen LogP contribution in [-0.4, -0.2) is 27.1 Å². The SMILES string of the molecule is Cc1cc(C(C)(C)C)cc2c1N(c1ccc3c(c1)N(c1ccc4c(c1)C(C)(C)c1ccccc1-4)c1cc(C(C)(C)C)cc4c1B3c1cc(C(C)(C)C)ccc1N4c1ccc(C(C)(C)C)cc1)c1c(O)c(O)c(O)c(O)c1O2. The number of rotatable bonds is 3. The Morgan fingerprint density at radius 1 is 0.429 bits per heavy atom. The maximum atomic E-state index is 12.0. The number of phenolic OH excluding ortho intramolecular Hbond substituents is 4. The number of nitrogens with zero attached hydrogens (tertiary/aromatic N) is 3. The molecule has 0 aromatic heterocycles. The molecule has 8 aromatic carbocycles. The number of aryl methyl sites for hydroxylation is 1. The molecule has 0 radical (unpaired) electrons. The van der Waals surface area contributed by atoms with Gasteiger partial charge in [-0.2, -0.15) is 0 Å². The maximum Gasteiger partial charge on any atom is 0.252 e. The van der Waals surface area contributed by atoms with Crippen molar-refractivity contribution in [1.82, 2.24) is 0 Å². The molecule has 77 heavy (non-hydrogen) atoms. The van der Waals surface area contributed by atoms with E-state index < -0.39 is 23.0 Å². The van der Waals surface area contributed by atoms with E-state index in [0.29, 0.717) is 17.1 Å². The zero-order valence-electron chi connectivity index (χ0n) is 47.2. The van der Waals surface area contributed by atoms with E-state index in [1.165, 1.54) is 49.9 Å². The highest BCUT2D eigenvalue weighted by Crippen LogP contribution is 2.64. The van der Waals surface area contributed by atoms with Gasteiger partial charge in [0.15, 0.2) is 11.5 Å². The highest BCUT2D eigenvalue weighted by molar-refractivity contribution is 7.00. The van der Waals surface area contributed by atoms with E-state index in [-0.39, 0.29) is 45.2 Å². The van der Waals surface area contributed by atoms with Crippen molar-refractivity contribution in [3.05, 3.63) is 166 Å². The molecule has 3 heterocycles. The van der Waals surface area contributed by atoms with E-state index in [9.17, 15) is 20.4 Å². The van der Waals surface area contributed by atoms with Crippen LogP contribution in [0.15, 0.2) is 127 Å². The summed E-state index contributed by atoms with van der Waals surface area (Å²) in [4.78, 5) is 6.81. The molecular formula is C68H70BN3O5. The molecule has 8 nitrogen and oxygen atoms in total. The Labute approximate surface area is 454 Å². The Bertz CT molecular complexity index is 3830. The Morgan fingerprint density at radius 3 is 1.62 bits per heavy atom. The lowest BCUT2D eigenvalue weighted by Gasteiger charge is -2.46. The van der Waals surface area contributed by atoms with Crippen molar-refractivity contribution in [2.45, 2.75) is 131 Å². The standard InChI is InChI=1S/C68H70BN3O5/c1-37-30-40(66(8,9)10)34-55-57(37)72(58-59(73)60(74)61(75)62(76)63(58)77-55)44-26-28-49-52(36-44)71(43-25-27-46-45-18-16-17-19-47(45)68(14,15)48(46)35-43)54-33-41(67(11,12)13)32-53-56(54)69(49)50-31-39(65(5,6)7)22-29-51(50)70(53)42-23-20-38(21-24-42)64(2,3)4/h16-36,73-76H,1-15H3. The Kier molecular flexibility index (Phi) is 10.6. The van der Waals surface area contributed by atoms with Gasteiger partial charge in [-0.3, -0.25) is 4.90 Å². The van der Waals surface area contributed by atoms with Gasteiger partial charge in [-0.15, -0.1) is 0 Å². The largest absolute Gasteiger partial charge is 0.503 e. The number of aromatic hydroxyl groups is 4. The summed E-state index contributed by atoms with van der Waals surface area (Å²) >= 11 is 0. The van der Waals surface area contributed by atoms with Crippen LogP contribution in [0, 0.1) is 6.92 Å². The third kappa shape index (κ3) is 7.46. The van der Waals surface area contributed by atoms with Crippen molar-refractivity contribution in [2.75, 3.05) is 14.7 Å². The maximum absolute atomic E-state index is 12.0.